The number of carbonyl (C=O) groups is 2. The van der Waals surface area contributed by atoms with Crippen LogP contribution in [0.25, 0.3) is 16.9 Å². The van der Waals surface area contributed by atoms with Crippen LogP contribution in [-0.4, -0.2) is 21.6 Å². The molecule has 158 valence electrons. The Morgan fingerprint density at radius 2 is 1.52 bits per heavy atom. The highest BCUT2D eigenvalue weighted by atomic mass is 16.2. The first-order chi connectivity index (χ1) is 15.2. The van der Waals surface area contributed by atoms with E-state index in [-0.39, 0.29) is 11.8 Å². The van der Waals surface area contributed by atoms with E-state index >= 15 is 0 Å². The predicted molar refractivity (Wildman–Crippen MR) is 118 cm³/mol. The third-order valence-electron chi connectivity index (χ3n) is 6.22. The summed E-state index contributed by atoms with van der Waals surface area (Å²) in [5.74, 6) is 1.38. The monoisotopic (exact) mass is 414 g/mol. The van der Waals surface area contributed by atoms with Gasteiger partial charge in [-0.2, -0.15) is 5.10 Å². The van der Waals surface area contributed by atoms with Gasteiger partial charge in [0.15, 0.2) is 0 Å². The molecule has 2 aliphatic carbocycles. The van der Waals surface area contributed by atoms with E-state index in [0.29, 0.717) is 35.4 Å². The van der Waals surface area contributed by atoms with Crippen LogP contribution >= 0.6 is 0 Å². The number of para-hydroxylation sites is 1. The summed E-state index contributed by atoms with van der Waals surface area (Å²) < 4.78 is 1.69. The van der Waals surface area contributed by atoms with E-state index in [1.54, 1.807) is 10.9 Å². The van der Waals surface area contributed by atoms with Gasteiger partial charge in [0, 0.05) is 18.2 Å². The summed E-state index contributed by atoms with van der Waals surface area (Å²) in [6.07, 6.45) is 7.14. The molecule has 6 heteroatoms. The van der Waals surface area contributed by atoms with Crippen molar-refractivity contribution < 1.29 is 9.59 Å². The molecule has 0 unspecified atom stereocenters. The van der Waals surface area contributed by atoms with Crippen molar-refractivity contribution in [2.24, 2.45) is 17.8 Å². The van der Waals surface area contributed by atoms with Gasteiger partial charge in [0.05, 0.1) is 11.3 Å². The summed E-state index contributed by atoms with van der Waals surface area (Å²) in [5, 5.41) is 4.65. The predicted octanol–water partition coefficient (Wildman–Crippen LogP) is 4.13. The molecule has 2 fully saturated rings. The van der Waals surface area contributed by atoms with E-state index in [4.69, 9.17) is 0 Å². The third kappa shape index (κ3) is 4.53. The first-order valence-electron chi connectivity index (χ1n) is 11.0. The lowest BCUT2D eigenvalue weighted by Crippen LogP contribution is -2.42. The van der Waals surface area contributed by atoms with Crippen molar-refractivity contribution in [1.82, 2.24) is 20.6 Å². The zero-order valence-corrected chi connectivity index (χ0v) is 17.3. The van der Waals surface area contributed by atoms with E-state index in [9.17, 15) is 9.59 Å². The van der Waals surface area contributed by atoms with Gasteiger partial charge in [-0.05, 0) is 55.6 Å². The first kappa shape index (κ1) is 19.5. The standard InChI is InChI=1S/C25H26N4O2/c30-23(15-21(17-11-12-17)18-13-14-18)26-27-25(31)22-16-29(20-9-5-2-6-10-20)28-24(22)19-7-3-1-4-8-19/h1-10,16-18,21H,11-15H2,(H,26,30)(H,27,31). The summed E-state index contributed by atoms with van der Waals surface area (Å²) in [7, 11) is 0. The molecule has 31 heavy (non-hydrogen) atoms. The Bertz CT molecular complexity index is 1060. The van der Waals surface area contributed by atoms with Crippen LogP contribution in [0.1, 0.15) is 42.5 Å². The average Bonchev–Trinajstić information content (AvgIpc) is 3.75. The van der Waals surface area contributed by atoms with E-state index in [1.807, 2.05) is 60.7 Å². The molecule has 0 saturated heterocycles. The number of hydrazine groups is 1. The minimum absolute atomic E-state index is 0.117. The average molecular weight is 415 g/mol. The molecule has 0 spiro atoms. The highest BCUT2D eigenvalue weighted by Crippen LogP contribution is 2.50. The van der Waals surface area contributed by atoms with Gasteiger partial charge in [-0.15, -0.1) is 0 Å². The molecular weight excluding hydrogens is 388 g/mol. The van der Waals surface area contributed by atoms with Gasteiger partial charge in [-0.1, -0.05) is 48.5 Å². The molecule has 2 saturated carbocycles. The van der Waals surface area contributed by atoms with E-state index in [1.165, 1.54) is 25.7 Å². The largest absolute Gasteiger partial charge is 0.273 e. The highest BCUT2D eigenvalue weighted by molar-refractivity contribution is 6.00. The molecule has 0 atom stereocenters. The number of carbonyl (C=O) groups excluding carboxylic acids is 2. The van der Waals surface area contributed by atoms with Gasteiger partial charge in [-0.25, -0.2) is 4.68 Å². The van der Waals surface area contributed by atoms with Crippen LogP contribution in [-0.2, 0) is 4.79 Å². The molecule has 1 heterocycles. The Balaban J connectivity index is 1.32. The molecule has 0 radical (unpaired) electrons. The SMILES string of the molecule is O=C(CC(C1CC1)C1CC1)NNC(=O)c1cn(-c2ccccc2)nc1-c1ccccc1. The Morgan fingerprint density at radius 1 is 0.903 bits per heavy atom. The fraction of sp³-hybridized carbons (Fsp3) is 0.320. The highest BCUT2D eigenvalue weighted by Gasteiger charge is 2.42. The minimum atomic E-state index is -0.372. The molecule has 2 amide bonds. The number of nitrogens with one attached hydrogen (secondary N) is 2. The number of amides is 2. The lowest BCUT2D eigenvalue weighted by molar-refractivity contribution is -0.123. The van der Waals surface area contributed by atoms with Crippen LogP contribution in [0.5, 0.6) is 0 Å². The topological polar surface area (TPSA) is 76.0 Å². The molecule has 0 bridgehead atoms. The van der Waals surface area contributed by atoms with Gasteiger partial charge in [0.25, 0.3) is 5.91 Å². The summed E-state index contributed by atoms with van der Waals surface area (Å²) in [6.45, 7) is 0. The maximum atomic E-state index is 13.0. The van der Waals surface area contributed by atoms with Gasteiger partial charge < -0.3 is 0 Å². The fourth-order valence-corrected chi connectivity index (χ4v) is 4.29. The van der Waals surface area contributed by atoms with Crippen LogP contribution in [0.3, 0.4) is 0 Å². The van der Waals surface area contributed by atoms with Gasteiger partial charge in [-0.3, -0.25) is 20.4 Å². The van der Waals surface area contributed by atoms with Crippen molar-refractivity contribution in [1.29, 1.82) is 0 Å². The van der Waals surface area contributed by atoms with Gasteiger partial charge in [0.2, 0.25) is 5.91 Å². The second-order valence-corrected chi connectivity index (χ2v) is 8.58. The number of rotatable bonds is 7. The second-order valence-electron chi connectivity index (χ2n) is 8.58. The quantitative estimate of drug-likeness (QED) is 0.571. The summed E-state index contributed by atoms with van der Waals surface area (Å²) in [5.41, 5.74) is 7.93. The zero-order chi connectivity index (χ0) is 21.2. The Morgan fingerprint density at radius 3 is 2.13 bits per heavy atom. The molecule has 2 aromatic carbocycles. The van der Waals surface area contributed by atoms with Crippen molar-refractivity contribution in [2.45, 2.75) is 32.1 Å². The summed E-state index contributed by atoms with van der Waals surface area (Å²) in [4.78, 5) is 25.5. The Hall–Kier alpha value is -3.41. The molecule has 2 aliphatic rings. The van der Waals surface area contributed by atoms with Crippen LogP contribution in [0.2, 0.25) is 0 Å². The van der Waals surface area contributed by atoms with Crippen LogP contribution in [0.4, 0.5) is 0 Å². The van der Waals surface area contributed by atoms with Crippen LogP contribution in [0.15, 0.2) is 66.9 Å². The molecule has 5 rings (SSSR count). The van der Waals surface area contributed by atoms with Crippen molar-refractivity contribution in [3.05, 3.63) is 72.4 Å². The fourth-order valence-electron chi connectivity index (χ4n) is 4.29. The Labute approximate surface area is 181 Å². The van der Waals surface area contributed by atoms with Crippen molar-refractivity contribution in [2.75, 3.05) is 0 Å². The van der Waals surface area contributed by atoms with Gasteiger partial charge >= 0.3 is 0 Å². The minimum Gasteiger partial charge on any atom is -0.273 e. The number of aromatic nitrogens is 2. The second kappa shape index (κ2) is 8.38. The number of nitrogens with zero attached hydrogens (tertiary/aromatic N) is 2. The molecular formula is C25H26N4O2. The lowest BCUT2D eigenvalue weighted by atomic mass is 9.94. The summed E-state index contributed by atoms with van der Waals surface area (Å²) in [6, 6.07) is 19.2. The maximum Gasteiger partial charge on any atom is 0.273 e. The summed E-state index contributed by atoms with van der Waals surface area (Å²) >= 11 is 0. The van der Waals surface area contributed by atoms with E-state index < -0.39 is 0 Å². The third-order valence-corrected chi connectivity index (χ3v) is 6.22. The normalized spacial score (nSPS) is 15.6. The van der Waals surface area contributed by atoms with E-state index in [2.05, 4.69) is 16.0 Å². The van der Waals surface area contributed by atoms with Gasteiger partial charge in [0.1, 0.15) is 5.69 Å². The van der Waals surface area contributed by atoms with Crippen molar-refractivity contribution >= 4 is 11.8 Å². The Kier molecular flexibility index (Phi) is 5.28. The number of hydrogen-bond donors (Lipinski definition) is 2. The lowest BCUT2D eigenvalue weighted by Gasteiger charge is -2.15. The first-order valence-corrected chi connectivity index (χ1v) is 11.0. The zero-order valence-electron chi connectivity index (χ0n) is 17.3. The number of benzene rings is 2. The smallest absolute Gasteiger partial charge is 0.273 e. The van der Waals surface area contributed by atoms with Crippen LogP contribution in [0, 0.1) is 17.8 Å². The molecule has 0 aliphatic heterocycles. The molecule has 6 nitrogen and oxygen atoms in total. The molecule has 3 aromatic rings. The maximum absolute atomic E-state index is 13.0. The molecule has 1 aromatic heterocycles. The molecule has 2 N–H and O–H groups in total. The van der Waals surface area contributed by atoms with Crippen molar-refractivity contribution in [3.8, 4) is 16.9 Å². The van der Waals surface area contributed by atoms with Crippen LogP contribution < -0.4 is 10.9 Å². The van der Waals surface area contributed by atoms with Crippen molar-refractivity contribution in [3.63, 3.8) is 0 Å². The number of hydrogen-bond acceptors (Lipinski definition) is 3. The van der Waals surface area contributed by atoms with E-state index in [0.717, 1.165) is 11.3 Å².